The van der Waals surface area contributed by atoms with Crippen LogP contribution in [0.2, 0.25) is 0 Å². The van der Waals surface area contributed by atoms with Gasteiger partial charge in [0, 0.05) is 30.8 Å². The number of aromatic nitrogens is 2. The molecular weight excluding hydrogens is 474 g/mol. The summed E-state index contributed by atoms with van der Waals surface area (Å²) in [6.07, 6.45) is 2.05. The monoisotopic (exact) mass is 507 g/mol. The van der Waals surface area contributed by atoms with Crippen LogP contribution in [0.3, 0.4) is 0 Å². The molecule has 2 aromatic carbocycles. The van der Waals surface area contributed by atoms with E-state index in [4.69, 9.17) is 26.1 Å². The maximum absolute atomic E-state index is 13.2. The minimum absolute atomic E-state index is 0.0122. The zero-order valence-corrected chi connectivity index (χ0v) is 21.9. The van der Waals surface area contributed by atoms with E-state index < -0.39 is 11.8 Å². The van der Waals surface area contributed by atoms with Crippen LogP contribution in [0, 0.1) is 5.92 Å². The Morgan fingerprint density at radius 3 is 2.33 bits per heavy atom. The molecule has 2 heterocycles. The summed E-state index contributed by atoms with van der Waals surface area (Å²) >= 11 is 6.11. The average molecular weight is 508 g/mol. The first kappa shape index (κ1) is 26.1. The number of nitrogens with zero attached hydrogens (tertiary/aromatic N) is 3. The van der Waals surface area contributed by atoms with Gasteiger partial charge in [-0.3, -0.25) is 4.79 Å². The number of carbonyl (C=O) groups excluding carboxylic acids is 1. The van der Waals surface area contributed by atoms with Crippen molar-refractivity contribution in [2.45, 2.75) is 39.1 Å². The molecule has 36 heavy (non-hydrogen) atoms. The van der Waals surface area contributed by atoms with Crippen molar-refractivity contribution >= 4 is 17.5 Å². The van der Waals surface area contributed by atoms with Gasteiger partial charge in [-0.2, -0.15) is 0 Å². The molecule has 190 valence electrons. The van der Waals surface area contributed by atoms with Gasteiger partial charge in [-0.1, -0.05) is 72.8 Å². The Bertz CT molecular complexity index is 1170. The molecule has 1 aromatic heterocycles. The first-order valence-electron chi connectivity index (χ1n) is 12.2. The van der Waals surface area contributed by atoms with E-state index in [9.17, 15) is 4.79 Å². The summed E-state index contributed by atoms with van der Waals surface area (Å²) in [7, 11) is 0. The first-order chi connectivity index (χ1) is 17.3. The maximum atomic E-state index is 13.2. The fourth-order valence-electron chi connectivity index (χ4n) is 4.47. The van der Waals surface area contributed by atoms with Crippen LogP contribution in [0.1, 0.15) is 38.2 Å². The molecule has 0 N–H and O–H groups in total. The second-order valence-electron chi connectivity index (χ2n) is 9.78. The Kier molecular flexibility index (Phi) is 8.29. The fourth-order valence-corrected chi connectivity index (χ4v) is 4.62. The number of hydrogen-bond donors (Lipinski definition) is 0. The molecule has 1 fully saturated rings. The van der Waals surface area contributed by atoms with Crippen molar-refractivity contribution in [3.05, 3.63) is 90.4 Å². The topological polar surface area (TPSA) is 56.6 Å². The van der Waals surface area contributed by atoms with E-state index in [1.54, 1.807) is 4.90 Å². The maximum Gasteiger partial charge on any atom is 0.238 e. The molecule has 1 aliphatic rings. The van der Waals surface area contributed by atoms with Crippen LogP contribution in [-0.4, -0.2) is 51.8 Å². The minimum Gasteiger partial charge on any atom is -0.350 e. The SMILES string of the molecule is C=C(C)C(c1nc(-c2ccccc2)cn1Cc1ccccc1)N(CC1COC(C)(C)OC1)C(=O)CCl. The molecule has 1 unspecified atom stereocenters. The third-order valence-corrected chi connectivity index (χ3v) is 6.55. The Hall–Kier alpha value is -2.93. The first-order valence-corrected chi connectivity index (χ1v) is 12.8. The second-order valence-corrected chi connectivity index (χ2v) is 10.0. The molecule has 1 amide bonds. The lowest BCUT2D eigenvalue weighted by atomic mass is 10.0. The molecular formula is C29H34ClN3O3. The molecule has 1 aliphatic heterocycles. The number of imidazole rings is 1. The summed E-state index contributed by atoms with van der Waals surface area (Å²) in [5.74, 6) is -0.165. The average Bonchev–Trinajstić information content (AvgIpc) is 3.28. The number of amides is 1. The highest BCUT2D eigenvalue weighted by Gasteiger charge is 2.35. The van der Waals surface area contributed by atoms with Crippen molar-refractivity contribution < 1.29 is 14.3 Å². The lowest BCUT2D eigenvalue weighted by Gasteiger charge is -2.39. The van der Waals surface area contributed by atoms with Crippen LogP contribution in [0.5, 0.6) is 0 Å². The Labute approximate surface area is 218 Å². The smallest absolute Gasteiger partial charge is 0.238 e. The van der Waals surface area contributed by atoms with Gasteiger partial charge < -0.3 is 18.9 Å². The van der Waals surface area contributed by atoms with Crippen LogP contribution in [0.25, 0.3) is 11.3 Å². The van der Waals surface area contributed by atoms with Gasteiger partial charge >= 0.3 is 0 Å². The van der Waals surface area contributed by atoms with Crippen LogP contribution in [0.15, 0.2) is 79.0 Å². The quantitative estimate of drug-likeness (QED) is 0.276. The number of benzene rings is 2. The summed E-state index contributed by atoms with van der Waals surface area (Å²) in [5, 5.41) is 0. The van der Waals surface area contributed by atoms with Crippen LogP contribution < -0.4 is 0 Å². The lowest BCUT2D eigenvalue weighted by molar-refractivity contribution is -0.263. The van der Waals surface area contributed by atoms with E-state index in [0.29, 0.717) is 26.3 Å². The van der Waals surface area contributed by atoms with Gasteiger partial charge in [0.2, 0.25) is 5.91 Å². The zero-order valence-electron chi connectivity index (χ0n) is 21.2. The number of ether oxygens (including phenoxy) is 2. The number of rotatable bonds is 9. The van der Waals surface area contributed by atoms with Crippen molar-refractivity contribution in [3.63, 3.8) is 0 Å². The zero-order chi connectivity index (χ0) is 25.7. The van der Waals surface area contributed by atoms with Gasteiger partial charge in [-0.15, -0.1) is 11.6 Å². The van der Waals surface area contributed by atoms with Gasteiger partial charge in [-0.25, -0.2) is 4.98 Å². The van der Waals surface area contributed by atoms with Crippen molar-refractivity contribution in [1.82, 2.24) is 14.5 Å². The molecule has 0 saturated carbocycles. The van der Waals surface area contributed by atoms with Crippen LogP contribution in [-0.2, 0) is 20.8 Å². The number of alkyl halides is 1. The Morgan fingerprint density at radius 1 is 1.14 bits per heavy atom. The number of carbonyl (C=O) groups is 1. The largest absolute Gasteiger partial charge is 0.350 e. The van der Waals surface area contributed by atoms with E-state index in [1.165, 1.54) is 0 Å². The lowest BCUT2D eigenvalue weighted by Crippen LogP contribution is -2.47. The van der Waals surface area contributed by atoms with Gasteiger partial charge in [0.15, 0.2) is 5.79 Å². The van der Waals surface area contributed by atoms with E-state index in [0.717, 1.165) is 28.2 Å². The van der Waals surface area contributed by atoms with Gasteiger partial charge in [0.1, 0.15) is 17.7 Å². The molecule has 1 atom stereocenters. The molecule has 0 aliphatic carbocycles. The van der Waals surface area contributed by atoms with E-state index in [1.807, 2.05) is 75.5 Å². The predicted molar refractivity (Wildman–Crippen MR) is 143 cm³/mol. The standard InChI is InChI=1S/C29H34ClN3O3/c1-21(2)27(33(26(34)15-30)17-23-19-35-29(3,4)36-20-23)28-31-25(24-13-9-6-10-14-24)18-32(28)16-22-11-7-5-8-12-22/h5-14,18,23,27H,1,15-17,19-20H2,2-4H3. The molecule has 6 nitrogen and oxygen atoms in total. The van der Waals surface area contributed by atoms with E-state index in [2.05, 4.69) is 23.3 Å². The highest BCUT2D eigenvalue weighted by molar-refractivity contribution is 6.27. The molecule has 0 bridgehead atoms. The van der Waals surface area contributed by atoms with Gasteiger partial charge in [-0.05, 0) is 26.3 Å². The fraction of sp³-hybridized carbons (Fsp3) is 0.379. The van der Waals surface area contributed by atoms with E-state index >= 15 is 0 Å². The molecule has 0 spiro atoms. The molecule has 0 radical (unpaired) electrons. The number of halogens is 1. The summed E-state index contributed by atoms with van der Waals surface area (Å²) in [6.45, 7) is 12.0. The normalized spacial score (nSPS) is 16.4. The predicted octanol–water partition coefficient (Wildman–Crippen LogP) is 5.68. The van der Waals surface area contributed by atoms with Crippen molar-refractivity contribution in [1.29, 1.82) is 0 Å². The Morgan fingerprint density at radius 2 is 1.75 bits per heavy atom. The summed E-state index contributed by atoms with van der Waals surface area (Å²) in [4.78, 5) is 20.0. The minimum atomic E-state index is -0.623. The van der Waals surface area contributed by atoms with Crippen molar-refractivity contribution in [2.24, 2.45) is 5.92 Å². The summed E-state index contributed by atoms with van der Waals surface area (Å²) < 4.78 is 13.8. The Balaban J connectivity index is 1.73. The van der Waals surface area contributed by atoms with Gasteiger partial charge in [0.05, 0.1) is 18.9 Å². The number of hydrogen-bond acceptors (Lipinski definition) is 4. The molecule has 1 saturated heterocycles. The van der Waals surface area contributed by atoms with Crippen molar-refractivity contribution in [2.75, 3.05) is 25.6 Å². The van der Waals surface area contributed by atoms with E-state index in [-0.39, 0.29) is 17.7 Å². The van der Waals surface area contributed by atoms with Crippen LogP contribution in [0.4, 0.5) is 0 Å². The summed E-state index contributed by atoms with van der Waals surface area (Å²) in [5.41, 5.74) is 3.81. The molecule has 7 heteroatoms. The van der Waals surface area contributed by atoms with Crippen molar-refractivity contribution in [3.8, 4) is 11.3 Å². The third-order valence-electron chi connectivity index (χ3n) is 6.32. The van der Waals surface area contributed by atoms with Crippen LogP contribution >= 0.6 is 11.6 Å². The second kappa shape index (κ2) is 11.4. The molecule has 3 aromatic rings. The summed E-state index contributed by atoms with van der Waals surface area (Å²) in [6, 6.07) is 19.8. The highest BCUT2D eigenvalue weighted by atomic mass is 35.5. The third kappa shape index (κ3) is 6.25. The molecule has 4 rings (SSSR count). The highest BCUT2D eigenvalue weighted by Crippen LogP contribution is 2.32. The van der Waals surface area contributed by atoms with Gasteiger partial charge in [0.25, 0.3) is 0 Å².